The molecule has 2 rings (SSSR count). The molecule has 0 spiro atoms. The van der Waals surface area contributed by atoms with Gasteiger partial charge in [-0.1, -0.05) is 25.4 Å². The van der Waals surface area contributed by atoms with Crippen LogP contribution in [-0.2, 0) is 4.79 Å². The molecule has 21 heavy (non-hydrogen) atoms. The highest BCUT2D eigenvalue weighted by Gasteiger charge is 2.10. The van der Waals surface area contributed by atoms with E-state index in [2.05, 4.69) is 10.6 Å². The second-order valence-electron chi connectivity index (χ2n) is 4.78. The van der Waals surface area contributed by atoms with Crippen molar-refractivity contribution in [3.05, 3.63) is 45.6 Å². The second-order valence-corrected chi connectivity index (χ2v) is 6.49. The van der Waals surface area contributed by atoms with Crippen LogP contribution in [0, 0.1) is 5.92 Å². The van der Waals surface area contributed by atoms with E-state index in [1.54, 1.807) is 36.4 Å². The molecule has 0 unspecified atom stereocenters. The standard InChI is InChI=1S/C15H15ClN2O2S/c1-9(2)14(19)17-10-3-5-11(6-4-10)18-15(20)12-7-8-13(16)21-12/h3-9H,1-2H3,(H,17,19)(H,18,20). The third kappa shape index (κ3) is 4.31. The van der Waals surface area contributed by atoms with Crippen molar-refractivity contribution < 1.29 is 9.59 Å². The van der Waals surface area contributed by atoms with Crippen LogP contribution in [-0.4, -0.2) is 11.8 Å². The zero-order valence-electron chi connectivity index (χ0n) is 11.6. The van der Waals surface area contributed by atoms with Crippen LogP contribution < -0.4 is 10.6 Å². The molecule has 0 aliphatic carbocycles. The van der Waals surface area contributed by atoms with Crippen LogP contribution in [0.2, 0.25) is 4.34 Å². The van der Waals surface area contributed by atoms with E-state index in [9.17, 15) is 9.59 Å². The van der Waals surface area contributed by atoms with Gasteiger partial charge in [0.1, 0.15) is 0 Å². The van der Waals surface area contributed by atoms with Crippen LogP contribution in [0.3, 0.4) is 0 Å². The monoisotopic (exact) mass is 322 g/mol. The minimum atomic E-state index is -0.203. The quantitative estimate of drug-likeness (QED) is 0.884. The zero-order chi connectivity index (χ0) is 15.4. The molecule has 1 aromatic carbocycles. The van der Waals surface area contributed by atoms with Gasteiger partial charge in [0.25, 0.3) is 5.91 Å². The average Bonchev–Trinajstić information content (AvgIpc) is 2.87. The normalized spacial score (nSPS) is 10.5. The second kappa shape index (κ2) is 6.74. The summed E-state index contributed by atoms with van der Waals surface area (Å²) >= 11 is 7.03. The lowest BCUT2D eigenvalue weighted by Crippen LogP contribution is -2.17. The van der Waals surface area contributed by atoms with Gasteiger partial charge in [-0.15, -0.1) is 11.3 Å². The first-order chi connectivity index (χ1) is 9.95. The molecule has 0 aliphatic rings. The van der Waals surface area contributed by atoms with Crippen molar-refractivity contribution in [2.75, 3.05) is 10.6 Å². The number of thiophene rings is 1. The van der Waals surface area contributed by atoms with Crippen molar-refractivity contribution in [3.63, 3.8) is 0 Å². The van der Waals surface area contributed by atoms with Crippen LogP contribution in [0.25, 0.3) is 0 Å². The minimum absolute atomic E-state index is 0.0417. The predicted molar refractivity (Wildman–Crippen MR) is 87.2 cm³/mol. The molecule has 0 fully saturated rings. The van der Waals surface area contributed by atoms with Gasteiger partial charge in [0.15, 0.2) is 0 Å². The Balaban J connectivity index is 1.99. The number of rotatable bonds is 4. The number of hydrogen-bond acceptors (Lipinski definition) is 3. The molecule has 0 atom stereocenters. The summed E-state index contributed by atoms with van der Waals surface area (Å²) in [6, 6.07) is 10.3. The molecule has 2 N–H and O–H groups in total. The van der Waals surface area contributed by atoms with Crippen molar-refractivity contribution in [3.8, 4) is 0 Å². The van der Waals surface area contributed by atoms with E-state index >= 15 is 0 Å². The molecule has 6 heteroatoms. The summed E-state index contributed by atoms with van der Waals surface area (Å²) in [6.45, 7) is 3.66. The Labute approximate surface area is 132 Å². The van der Waals surface area contributed by atoms with Gasteiger partial charge in [-0.05, 0) is 36.4 Å². The first-order valence-corrected chi connectivity index (χ1v) is 7.63. The summed E-state index contributed by atoms with van der Waals surface area (Å²) in [5.41, 5.74) is 1.36. The Morgan fingerprint density at radius 1 is 1.00 bits per heavy atom. The van der Waals surface area contributed by atoms with E-state index in [-0.39, 0.29) is 17.7 Å². The highest BCUT2D eigenvalue weighted by atomic mass is 35.5. The lowest BCUT2D eigenvalue weighted by Gasteiger charge is -2.09. The summed E-state index contributed by atoms with van der Waals surface area (Å²) in [6.07, 6.45) is 0. The van der Waals surface area contributed by atoms with Crippen LogP contribution in [0.15, 0.2) is 36.4 Å². The van der Waals surface area contributed by atoms with E-state index in [1.165, 1.54) is 11.3 Å². The van der Waals surface area contributed by atoms with Gasteiger partial charge in [0.05, 0.1) is 9.21 Å². The summed E-state index contributed by atoms with van der Waals surface area (Å²) < 4.78 is 0.576. The third-order valence-corrected chi connectivity index (χ3v) is 3.96. The zero-order valence-corrected chi connectivity index (χ0v) is 13.2. The maximum atomic E-state index is 12.0. The summed E-state index contributed by atoms with van der Waals surface area (Å²) in [5, 5.41) is 5.56. The number of benzene rings is 1. The molecule has 0 saturated carbocycles. The number of carbonyl (C=O) groups excluding carboxylic acids is 2. The average molecular weight is 323 g/mol. The molecule has 4 nitrogen and oxygen atoms in total. The number of halogens is 1. The lowest BCUT2D eigenvalue weighted by atomic mass is 10.2. The Morgan fingerprint density at radius 3 is 2.05 bits per heavy atom. The Morgan fingerprint density at radius 2 is 1.57 bits per heavy atom. The molecule has 0 bridgehead atoms. The number of hydrogen-bond donors (Lipinski definition) is 2. The van der Waals surface area contributed by atoms with Gasteiger partial charge < -0.3 is 10.6 Å². The SMILES string of the molecule is CC(C)C(=O)Nc1ccc(NC(=O)c2ccc(Cl)s2)cc1. The van der Waals surface area contributed by atoms with E-state index in [0.29, 0.717) is 20.6 Å². The molecule has 0 aliphatic heterocycles. The largest absolute Gasteiger partial charge is 0.326 e. The Kier molecular flexibility index (Phi) is 4.98. The van der Waals surface area contributed by atoms with Crippen LogP contribution in [0.1, 0.15) is 23.5 Å². The number of amides is 2. The highest BCUT2D eigenvalue weighted by molar-refractivity contribution is 7.18. The highest BCUT2D eigenvalue weighted by Crippen LogP contribution is 2.23. The molecule has 2 amide bonds. The first kappa shape index (κ1) is 15.5. The maximum absolute atomic E-state index is 12.0. The van der Waals surface area contributed by atoms with E-state index in [0.717, 1.165) is 0 Å². The van der Waals surface area contributed by atoms with Crippen molar-refractivity contribution in [1.29, 1.82) is 0 Å². The number of nitrogens with one attached hydrogen (secondary N) is 2. The molecule has 2 aromatic rings. The fraction of sp³-hybridized carbons (Fsp3) is 0.200. The fourth-order valence-corrected chi connectivity index (χ4v) is 2.49. The molecule has 0 radical (unpaired) electrons. The van der Waals surface area contributed by atoms with Crippen molar-refractivity contribution in [2.45, 2.75) is 13.8 Å². The van der Waals surface area contributed by atoms with E-state index < -0.39 is 0 Å². The predicted octanol–water partition coefficient (Wildman–Crippen LogP) is 4.25. The van der Waals surface area contributed by atoms with Gasteiger partial charge in [-0.2, -0.15) is 0 Å². The van der Waals surface area contributed by atoms with E-state index in [1.807, 2.05) is 13.8 Å². The van der Waals surface area contributed by atoms with Crippen molar-refractivity contribution in [1.82, 2.24) is 0 Å². The van der Waals surface area contributed by atoms with Crippen LogP contribution in [0.4, 0.5) is 11.4 Å². The van der Waals surface area contributed by atoms with Crippen molar-refractivity contribution in [2.24, 2.45) is 5.92 Å². The molecular formula is C15H15ClN2O2S. The summed E-state index contributed by atoms with van der Waals surface area (Å²) in [5.74, 6) is -0.321. The molecule has 1 heterocycles. The lowest BCUT2D eigenvalue weighted by molar-refractivity contribution is -0.118. The van der Waals surface area contributed by atoms with Gasteiger partial charge in [0, 0.05) is 17.3 Å². The molecule has 0 saturated heterocycles. The van der Waals surface area contributed by atoms with Gasteiger partial charge >= 0.3 is 0 Å². The van der Waals surface area contributed by atoms with Crippen LogP contribution >= 0.6 is 22.9 Å². The number of anilines is 2. The van der Waals surface area contributed by atoms with Crippen LogP contribution in [0.5, 0.6) is 0 Å². The molecule has 1 aromatic heterocycles. The third-order valence-electron chi connectivity index (χ3n) is 2.73. The Hall–Kier alpha value is -1.85. The smallest absolute Gasteiger partial charge is 0.265 e. The van der Waals surface area contributed by atoms with Gasteiger partial charge in [-0.3, -0.25) is 9.59 Å². The molecule has 110 valence electrons. The summed E-state index contributed by atoms with van der Waals surface area (Å²) in [7, 11) is 0. The topological polar surface area (TPSA) is 58.2 Å². The molecular weight excluding hydrogens is 308 g/mol. The Bertz CT molecular complexity index is 650. The fourth-order valence-electron chi connectivity index (χ4n) is 1.55. The number of carbonyl (C=O) groups is 2. The van der Waals surface area contributed by atoms with Gasteiger partial charge in [-0.25, -0.2) is 0 Å². The summed E-state index contributed by atoms with van der Waals surface area (Å²) in [4.78, 5) is 24.1. The maximum Gasteiger partial charge on any atom is 0.265 e. The van der Waals surface area contributed by atoms with E-state index in [4.69, 9.17) is 11.6 Å². The van der Waals surface area contributed by atoms with Crippen molar-refractivity contribution >= 4 is 46.1 Å². The first-order valence-electron chi connectivity index (χ1n) is 6.43. The van der Waals surface area contributed by atoms with Gasteiger partial charge in [0.2, 0.25) is 5.91 Å². The minimum Gasteiger partial charge on any atom is -0.326 e.